The van der Waals surface area contributed by atoms with Crippen molar-refractivity contribution in [1.29, 1.82) is 0 Å². The first kappa shape index (κ1) is 9.99. The van der Waals surface area contributed by atoms with Gasteiger partial charge in [0.1, 0.15) is 0 Å². The van der Waals surface area contributed by atoms with Crippen LogP contribution >= 0.6 is 11.6 Å². The fourth-order valence-electron chi connectivity index (χ4n) is 1.33. The van der Waals surface area contributed by atoms with Crippen molar-refractivity contribution in [2.45, 2.75) is 0 Å². The highest BCUT2D eigenvalue weighted by Gasteiger charge is 1.98. The van der Waals surface area contributed by atoms with Crippen molar-refractivity contribution in [3.8, 4) is 11.3 Å². The minimum absolute atomic E-state index is 0.741. The van der Waals surface area contributed by atoms with Crippen LogP contribution in [0.25, 0.3) is 11.3 Å². The fourth-order valence-corrected chi connectivity index (χ4v) is 1.46. The van der Waals surface area contributed by atoms with E-state index in [0.29, 0.717) is 0 Å². The third kappa shape index (κ3) is 2.28. The monoisotopic (exact) mass is 218 g/mol. The molecule has 0 atom stereocenters. The van der Waals surface area contributed by atoms with Crippen LogP contribution in [0, 0.1) is 0 Å². The van der Waals surface area contributed by atoms with Gasteiger partial charge in [-0.15, -0.1) is 0 Å². The summed E-state index contributed by atoms with van der Waals surface area (Å²) >= 11 is 5.82. The molecule has 0 spiro atoms. The van der Waals surface area contributed by atoms with Crippen molar-refractivity contribution in [2.24, 2.45) is 0 Å². The van der Waals surface area contributed by atoms with Gasteiger partial charge < -0.3 is 5.32 Å². The minimum Gasteiger partial charge on any atom is -0.387 e. The largest absolute Gasteiger partial charge is 0.387 e. The summed E-state index contributed by atoms with van der Waals surface area (Å²) in [6.45, 7) is 0. The Labute approximate surface area is 93.9 Å². The third-order valence-electron chi connectivity index (χ3n) is 2.19. The van der Waals surface area contributed by atoms with E-state index in [4.69, 9.17) is 11.6 Å². The van der Waals surface area contributed by atoms with Crippen LogP contribution < -0.4 is 5.32 Å². The number of hydrogen-bond donors (Lipinski definition) is 1. The summed E-state index contributed by atoms with van der Waals surface area (Å²) in [4.78, 5) is 4.34. The molecule has 1 heterocycles. The van der Waals surface area contributed by atoms with Gasteiger partial charge >= 0.3 is 0 Å². The summed E-state index contributed by atoms with van der Waals surface area (Å²) in [5.74, 6) is 0. The van der Waals surface area contributed by atoms with Crippen LogP contribution in [-0.4, -0.2) is 12.0 Å². The van der Waals surface area contributed by atoms with E-state index in [1.165, 1.54) is 0 Å². The Bertz CT molecular complexity index is 434. The molecule has 2 nitrogen and oxygen atoms in total. The third-order valence-corrected chi connectivity index (χ3v) is 2.44. The standard InChI is InChI=1S/C12H11ClN2/c1-14-11-6-7-12(15-8-11)9-2-4-10(13)5-3-9/h2-8,14H,1H3. The van der Waals surface area contributed by atoms with E-state index in [1.807, 2.05) is 49.6 Å². The van der Waals surface area contributed by atoms with Crippen molar-refractivity contribution in [3.05, 3.63) is 47.6 Å². The van der Waals surface area contributed by atoms with Crippen molar-refractivity contribution >= 4 is 17.3 Å². The van der Waals surface area contributed by atoms with E-state index in [-0.39, 0.29) is 0 Å². The van der Waals surface area contributed by atoms with Crippen LogP contribution in [0.4, 0.5) is 5.69 Å². The van der Waals surface area contributed by atoms with Crippen molar-refractivity contribution in [3.63, 3.8) is 0 Å². The number of nitrogens with zero attached hydrogens (tertiary/aromatic N) is 1. The van der Waals surface area contributed by atoms with Crippen molar-refractivity contribution in [1.82, 2.24) is 4.98 Å². The van der Waals surface area contributed by atoms with E-state index in [9.17, 15) is 0 Å². The normalized spacial score (nSPS) is 10.0. The molecule has 0 aliphatic heterocycles. The molecule has 0 aliphatic carbocycles. The Morgan fingerprint density at radius 2 is 1.80 bits per heavy atom. The van der Waals surface area contributed by atoms with Gasteiger partial charge in [-0.05, 0) is 24.3 Å². The first-order valence-corrected chi connectivity index (χ1v) is 5.07. The molecule has 1 N–H and O–H groups in total. The number of hydrogen-bond acceptors (Lipinski definition) is 2. The van der Waals surface area contributed by atoms with E-state index in [0.717, 1.165) is 22.0 Å². The molecule has 0 bridgehead atoms. The smallest absolute Gasteiger partial charge is 0.0703 e. The first-order valence-electron chi connectivity index (χ1n) is 4.69. The number of anilines is 1. The van der Waals surface area contributed by atoms with Crippen LogP contribution in [0.15, 0.2) is 42.6 Å². The molecule has 2 aromatic rings. The van der Waals surface area contributed by atoms with E-state index in [2.05, 4.69) is 10.3 Å². The van der Waals surface area contributed by atoms with Gasteiger partial charge in [0.25, 0.3) is 0 Å². The maximum Gasteiger partial charge on any atom is 0.0703 e. The second-order valence-electron chi connectivity index (χ2n) is 3.19. The van der Waals surface area contributed by atoms with E-state index in [1.54, 1.807) is 0 Å². The number of halogens is 1. The predicted molar refractivity (Wildman–Crippen MR) is 64.2 cm³/mol. The average molecular weight is 219 g/mol. The zero-order chi connectivity index (χ0) is 10.7. The molecule has 1 aromatic carbocycles. The molecule has 0 fully saturated rings. The molecular weight excluding hydrogens is 208 g/mol. The number of aromatic nitrogens is 1. The second-order valence-corrected chi connectivity index (χ2v) is 3.63. The van der Waals surface area contributed by atoms with Crippen molar-refractivity contribution in [2.75, 3.05) is 12.4 Å². The minimum atomic E-state index is 0.741. The molecule has 2 rings (SSSR count). The molecule has 1 aromatic heterocycles. The topological polar surface area (TPSA) is 24.9 Å². The highest BCUT2D eigenvalue weighted by molar-refractivity contribution is 6.30. The van der Waals surface area contributed by atoms with Gasteiger partial charge in [-0.1, -0.05) is 23.7 Å². The Balaban J connectivity index is 2.33. The average Bonchev–Trinajstić information content (AvgIpc) is 2.30. The van der Waals surface area contributed by atoms with Crippen LogP contribution in [0.1, 0.15) is 0 Å². The summed E-state index contributed by atoms with van der Waals surface area (Å²) in [5.41, 5.74) is 3.03. The molecule has 0 saturated heterocycles. The van der Waals surface area contributed by atoms with Crippen LogP contribution in [0.3, 0.4) is 0 Å². The molecule has 76 valence electrons. The molecular formula is C12H11ClN2. The molecule has 0 saturated carbocycles. The maximum atomic E-state index is 5.82. The summed E-state index contributed by atoms with van der Waals surface area (Å²) in [5, 5.41) is 3.77. The van der Waals surface area contributed by atoms with Gasteiger partial charge in [0.15, 0.2) is 0 Å². The van der Waals surface area contributed by atoms with Crippen molar-refractivity contribution < 1.29 is 0 Å². The van der Waals surface area contributed by atoms with Gasteiger partial charge in [-0.3, -0.25) is 4.98 Å². The number of nitrogens with one attached hydrogen (secondary N) is 1. The molecule has 0 radical (unpaired) electrons. The summed E-state index contributed by atoms with van der Waals surface area (Å²) in [6, 6.07) is 11.6. The van der Waals surface area contributed by atoms with E-state index >= 15 is 0 Å². The highest BCUT2D eigenvalue weighted by atomic mass is 35.5. The van der Waals surface area contributed by atoms with Gasteiger partial charge in [-0.25, -0.2) is 0 Å². The molecule has 15 heavy (non-hydrogen) atoms. The van der Waals surface area contributed by atoms with Crippen LogP contribution in [-0.2, 0) is 0 Å². The SMILES string of the molecule is CNc1ccc(-c2ccc(Cl)cc2)nc1. The lowest BCUT2D eigenvalue weighted by atomic mass is 10.1. The lowest BCUT2D eigenvalue weighted by Crippen LogP contribution is -1.89. The fraction of sp³-hybridized carbons (Fsp3) is 0.0833. The summed E-state index contributed by atoms with van der Waals surface area (Å²) < 4.78 is 0. The van der Waals surface area contributed by atoms with Crippen LogP contribution in [0.2, 0.25) is 5.02 Å². The predicted octanol–water partition coefficient (Wildman–Crippen LogP) is 3.44. The Morgan fingerprint density at radius 1 is 1.07 bits per heavy atom. The Hall–Kier alpha value is -1.54. The molecule has 0 amide bonds. The number of rotatable bonds is 2. The zero-order valence-electron chi connectivity index (χ0n) is 8.37. The summed E-state index contributed by atoms with van der Waals surface area (Å²) in [7, 11) is 1.87. The Morgan fingerprint density at radius 3 is 2.33 bits per heavy atom. The van der Waals surface area contributed by atoms with Gasteiger partial charge in [0.2, 0.25) is 0 Å². The van der Waals surface area contributed by atoms with Gasteiger partial charge in [-0.2, -0.15) is 0 Å². The quantitative estimate of drug-likeness (QED) is 0.835. The summed E-state index contributed by atoms with van der Waals surface area (Å²) in [6.07, 6.45) is 1.81. The number of benzene rings is 1. The first-order chi connectivity index (χ1) is 7.29. The lowest BCUT2D eigenvalue weighted by Gasteiger charge is -2.02. The number of pyridine rings is 1. The zero-order valence-corrected chi connectivity index (χ0v) is 9.12. The highest BCUT2D eigenvalue weighted by Crippen LogP contribution is 2.20. The van der Waals surface area contributed by atoms with Crippen LogP contribution in [0.5, 0.6) is 0 Å². The second kappa shape index (κ2) is 4.32. The van der Waals surface area contributed by atoms with Gasteiger partial charge in [0, 0.05) is 17.6 Å². The van der Waals surface area contributed by atoms with Gasteiger partial charge in [0.05, 0.1) is 17.6 Å². The maximum absolute atomic E-state index is 5.82. The lowest BCUT2D eigenvalue weighted by molar-refractivity contribution is 1.31. The van der Waals surface area contributed by atoms with E-state index < -0.39 is 0 Å². The molecule has 0 unspecified atom stereocenters. The molecule has 3 heteroatoms. The Kier molecular flexibility index (Phi) is 2.88. The molecule has 0 aliphatic rings.